The number of aryl methyl sites for hydroxylation is 2. The number of hydrogen-bond acceptors (Lipinski definition) is 3. The number of nitrogens with one attached hydrogen (secondary N) is 1. The Labute approximate surface area is 103 Å². The molecule has 17 heavy (non-hydrogen) atoms. The first kappa shape index (κ1) is 14.2. The Morgan fingerprint density at radius 2 is 2.00 bits per heavy atom. The van der Waals surface area contributed by atoms with Crippen LogP contribution in [0.1, 0.15) is 23.1 Å². The van der Waals surface area contributed by atoms with Gasteiger partial charge in [0, 0.05) is 6.54 Å². The predicted octanol–water partition coefficient (Wildman–Crippen LogP) is 1.07. The summed E-state index contributed by atoms with van der Waals surface area (Å²) in [6.07, 6.45) is 0.545. The Morgan fingerprint density at radius 3 is 2.59 bits per heavy atom. The summed E-state index contributed by atoms with van der Waals surface area (Å²) in [5, 5.41) is 8.13. The third kappa shape index (κ3) is 5.81. The minimum Gasteiger partial charge on any atom is -0.313 e. The number of nitrogens with two attached hydrogens (primary N) is 1. The van der Waals surface area contributed by atoms with Crippen LogP contribution in [0.3, 0.4) is 0 Å². The third-order valence-corrected chi connectivity index (χ3v) is 3.45. The molecular weight excluding hydrogens is 236 g/mol. The molecule has 3 N–H and O–H groups in total. The molecule has 0 bridgehead atoms. The van der Waals surface area contributed by atoms with Gasteiger partial charge in [-0.05, 0) is 37.9 Å². The maximum Gasteiger partial charge on any atom is 0.209 e. The summed E-state index contributed by atoms with van der Waals surface area (Å²) in [7, 11) is -3.32. The van der Waals surface area contributed by atoms with Gasteiger partial charge in [0.1, 0.15) is 0 Å². The van der Waals surface area contributed by atoms with Crippen molar-refractivity contribution in [3.05, 3.63) is 34.9 Å². The average molecular weight is 256 g/mol. The molecular formula is C12H20N2O2S. The molecule has 0 unspecified atom stereocenters. The van der Waals surface area contributed by atoms with E-state index in [4.69, 9.17) is 5.14 Å². The summed E-state index contributed by atoms with van der Waals surface area (Å²) in [5.74, 6) is 0.0346. The lowest BCUT2D eigenvalue weighted by Crippen LogP contribution is -2.22. The molecule has 0 amide bonds. The molecule has 0 saturated heterocycles. The lowest BCUT2D eigenvalue weighted by Gasteiger charge is -2.08. The Kier molecular flexibility index (Phi) is 5.11. The summed E-state index contributed by atoms with van der Waals surface area (Å²) < 4.78 is 21.4. The second-order valence-corrected chi connectivity index (χ2v) is 6.06. The van der Waals surface area contributed by atoms with Gasteiger partial charge in [0.05, 0.1) is 5.75 Å². The van der Waals surface area contributed by atoms with Gasteiger partial charge in [-0.3, -0.25) is 0 Å². The van der Waals surface area contributed by atoms with Crippen molar-refractivity contribution in [3.63, 3.8) is 0 Å². The second-order valence-electron chi connectivity index (χ2n) is 4.33. The molecule has 0 saturated carbocycles. The van der Waals surface area contributed by atoms with Crippen molar-refractivity contribution in [3.8, 4) is 0 Å². The Balaban J connectivity index is 2.32. The molecule has 0 fully saturated rings. The van der Waals surface area contributed by atoms with Gasteiger partial charge in [0.2, 0.25) is 10.0 Å². The Morgan fingerprint density at radius 1 is 1.29 bits per heavy atom. The fourth-order valence-electron chi connectivity index (χ4n) is 1.67. The van der Waals surface area contributed by atoms with Crippen molar-refractivity contribution in [2.45, 2.75) is 26.8 Å². The summed E-state index contributed by atoms with van der Waals surface area (Å²) in [4.78, 5) is 0. The molecule has 1 aromatic carbocycles. The molecule has 4 nitrogen and oxygen atoms in total. The van der Waals surface area contributed by atoms with Gasteiger partial charge in [-0.2, -0.15) is 0 Å². The van der Waals surface area contributed by atoms with E-state index in [1.807, 2.05) is 0 Å². The maximum atomic E-state index is 10.7. The van der Waals surface area contributed by atoms with Gasteiger partial charge in [-0.15, -0.1) is 0 Å². The zero-order valence-electron chi connectivity index (χ0n) is 10.4. The van der Waals surface area contributed by atoms with E-state index in [1.54, 1.807) is 0 Å². The van der Waals surface area contributed by atoms with E-state index >= 15 is 0 Å². The van der Waals surface area contributed by atoms with Crippen LogP contribution in [0, 0.1) is 13.8 Å². The number of rotatable bonds is 6. The lowest BCUT2D eigenvalue weighted by molar-refractivity contribution is 0.590. The summed E-state index contributed by atoms with van der Waals surface area (Å²) in [6.45, 7) is 5.56. The van der Waals surface area contributed by atoms with Crippen LogP contribution in [0.4, 0.5) is 0 Å². The zero-order chi connectivity index (χ0) is 12.9. The molecule has 0 aliphatic carbocycles. The molecule has 0 radical (unpaired) electrons. The lowest BCUT2D eigenvalue weighted by atomic mass is 10.1. The number of primary sulfonamides is 1. The van der Waals surface area contributed by atoms with Crippen LogP contribution in [0.15, 0.2) is 18.2 Å². The SMILES string of the molecule is Cc1ccc(CNCCCS(N)(=O)=O)c(C)c1. The Hall–Kier alpha value is -0.910. The van der Waals surface area contributed by atoms with Crippen LogP contribution in [-0.2, 0) is 16.6 Å². The molecule has 1 aromatic rings. The number of sulfonamides is 1. The van der Waals surface area contributed by atoms with Gasteiger partial charge < -0.3 is 5.32 Å². The first-order valence-corrected chi connectivity index (χ1v) is 7.37. The van der Waals surface area contributed by atoms with Gasteiger partial charge in [0.25, 0.3) is 0 Å². The van der Waals surface area contributed by atoms with E-state index in [-0.39, 0.29) is 5.75 Å². The fraction of sp³-hybridized carbons (Fsp3) is 0.500. The largest absolute Gasteiger partial charge is 0.313 e. The summed E-state index contributed by atoms with van der Waals surface area (Å²) in [5.41, 5.74) is 3.75. The normalized spacial score (nSPS) is 11.7. The quantitative estimate of drug-likeness (QED) is 0.748. The molecule has 1 rings (SSSR count). The van der Waals surface area contributed by atoms with Crippen molar-refractivity contribution in [2.75, 3.05) is 12.3 Å². The van der Waals surface area contributed by atoms with E-state index in [0.29, 0.717) is 13.0 Å². The molecule has 0 aliphatic heterocycles. The summed E-state index contributed by atoms with van der Waals surface area (Å²) >= 11 is 0. The van der Waals surface area contributed by atoms with E-state index in [9.17, 15) is 8.42 Å². The minimum atomic E-state index is -3.32. The van der Waals surface area contributed by atoms with Crippen LogP contribution in [0.5, 0.6) is 0 Å². The molecule has 0 aliphatic rings. The van der Waals surface area contributed by atoms with Crippen molar-refractivity contribution in [1.82, 2.24) is 5.32 Å². The second kappa shape index (κ2) is 6.14. The third-order valence-electron chi connectivity index (χ3n) is 2.60. The molecule has 0 aromatic heterocycles. The standard InChI is InChI=1S/C12H20N2O2S/c1-10-4-5-12(11(2)8-10)9-14-6-3-7-17(13,15)16/h4-5,8,14H,3,6-7,9H2,1-2H3,(H2,13,15,16). The molecule has 0 spiro atoms. The van der Waals surface area contributed by atoms with Crippen LogP contribution in [-0.4, -0.2) is 20.7 Å². The molecule has 0 heterocycles. The van der Waals surface area contributed by atoms with Crippen LogP contribution >= 0.6 is 0 Å². The van der Waals surface area contributed by atoms with E-state index in [0.717, 1.165) is 6.54 Å². The van der Waals surface area contributed by atoms with Crippen molar-refractivity contribution in [1.29, 1.82) is 0 Å². The highest BCUT2D eigenvalue weighted by Gasteiger charge is 2.02. The van der Waals surface area contributed by atoms with E-state index in [1.165, 1.54) is 16.7 Å². The fourth-order valence-corrected chi connectivity index (χ4v) is 2.21. The first-order valence-electron chi connectivity index (χ1n) is 5.66. The van der Waals surface area contributed by atoms with Gasteiger partial charge in [-0.1, -0.05) is 23.8 Å². The van der Waals surface area contributed by atoms with Gasteiger partial charge >= 0.3 is 0 Å². The predicted molar refractivity (Wildman–Crippen MR) is 70.2 cm³/mol. The number of hydrogen-bond donors (Lipinski definition) is 2. The smallest absolute Gasteiger partial charge is 0.209 e. The molecule has 96 valence electrons. The van der Waals surface area contributed by atoms with Crippen molar-refractivity contribution in [2.24, 2.45) is 5.14 Å². The Bertz CT molecular complexity index is 469. The van der Waals surface area contributed by atoms with Gasteiger partial charge in [0.15, 0.2) is 0 Å². The van der Waals surface area contributed by atoms with Crippen molar-refractivity contribution < 1.29 is 8.42 Å². The van der Waals surface area contributed by atoms with E-state index < -0.39 is 10.0 Å². The highest BCUT2D eigenvalue weighted by atomic mass is 32.2. The van der Waals surface area contributed by atoms with Crippen LogP contribution in [0.25, 0.3) is 0 Å². The van der Waals surface area contributed by atoms with Crippen LogP contribution in [0.2, 0.25) is 0 Å². The first-order chi connectivity index (χ1) is 7.88. The summed E-state index contributed by atoms with van der Waals surface area (Å²) in [6, 6.07) is 6.31. The number of benzene rings is 1. The monoisotopic (exact) mass is 256 g/mol. The van der Waals surface area contributed by atoms with Crippen molar-refractivity contribution >= 4 is 10.0 Å². The van der Waals surface area contributed by atoms with Crippen LogP contribution < -0.4 is 10.5 Å². The average Bonchev–Trinajstić information content (AvgIpc) is 2.18. The highest BCUT2D eigenvalue weighted by molar-refractivity contribution is 7.89. The maximum absolute atomic E-state index is 10.7. The molecule has 5 heteroatoms. The van der Waals surface area contributed by atoms with E-state index in [2.05, 4.69) is 37.4 Å². The van der Waals surface area contributed by atoms with Gasteiger partial charge in [-0.25, -0.2) is 13.6 Å². The minimum absolute atomic E-state index is 0.0346. The zero-order valence-corrected chi connectivity index (χ0v) is 11.2. The topological polar surface area (TPSA) is 72.2 Å². The highest BCUT2D eigenvalue weighted by Crippen LogP contribution is 2.09. The molecule has 0 atom stereocenters.